The molecule has 20 heavy (non-hydrogen) atoms. The molecule has 0 aliphatic rings. The van der Waals surface area contributed by atoms with E-state index in [0.717, 1.165) is 18.6 Å². The summed E-state index contributed by atoms with van der Waals surface area (Å²) in [6.45, 7) is 6.60. The summed E-state index contributed by atoms with van der Waals surface area (Å²) in [5.41, 5.74) is 0.536. The Labute approximate surface area is 120 Å². The topological polar surface area (TPSA) is 62.1 Å². The number of hydrogen-bond donors (Lipinski definition) is 1. The summed E-state index contributed by atoms with van der Waals surface area (Å²) < 4.78 is 5.54. The van der Waals surface area contributed by atoms with Crippen LogP contribution in [0.3, 0.4) is 0 Å². The second-order valence-electron chi connectivity index (χ2n) is 5.05. The molecule has 1 aromatic carbocycles. The van der Waals surface area contributed by atoms with Crippen LogP contribution >= 0.6 is 0 Å². The lowest BCUT2D eigenvalue weighted by Gasteiger charge is -2.15. The van der Waals surface area contributed by atoms with E-state index >= 15 is 0 Å². The maximum Gasteiger partial charge on any atom is 0.252 e. The molecule has 0 aliphatic carbocycles. The number of ether oxygens (including phenoxy) is 1. The molecule has 0 aliphatic heterocycles. The van der Waals surface area contributed by atoms with Gasteiger partial charge in [0.05, 0.1) is 12.7 Å². The maximum atomic E-state index is 12.0. The average molecular weight is 274 g/mol. The fourth-order valence-electron chi connectivity index (χ4n) is 1.61. The van der Waals surface area contributed by atoms with Crippen LogP contribution in [-0.4, -0.2) is 18.6 Å². The number of carbonyl (C=O) groups is 1. The first-order chi connectivity index (χ1) is 9.58. The third-order valence-electron chi connectivity index (χ3n) is 2.98. The highest BCUT2D eigenvalue weighted by Crippen LogP contribution is 2.13. The number of unbranched alkanes of at least 4 members (excludes halogenated alkanes) is 1. The van der Waals surface area contributed by atoms with Gasteiger partial charge in [0.15, 0.2) is 0 Å². The van der Waals surface area contributed by atoms with Gasteiger partial charge in [-0.2, -0.15) is 5.26 Å². The summed E-state index contributed by atoms with van der Waals surface area (Å²) in [7, 11) is 0. The van der Waals surface area contributed by atoms with Crippen LogP contribution in [0.2, 0.25) is 0 Å². The van der Waals surface area contributed by atoms with Gasteiger partial charge in [-0.25, -0.2) is 0 Å². The molecule has 1 rings (SSSR count). The monoisotopic (exact) mass is 274 g/mol. The lowest BCUT2D eigenvalue weighted by molar-refractivity contribution is 0.0937. The van der Waals surface area contributed by atoms with Crippen molar-refractivity contribution in [1.82, 2.24) is 5.32 Å². The average Bonchev–Trinajstić information content (AvgIpc) is 2.45. The molecule has 0 fully saturated rings. The normalized spacial score (nSPS) is 11.8. The zero-order valence-corrected chi connectivity index (χ0v) is 12.3. The number of rotatable bonds is 7. The second-order valence-corrected chi connectivity index (χ2v) is 5.05. The molecular formula is C16H22N2O2. The van der Waals surface area contributed by atoms with Crippen molar-refractivity contribution in [3.05, 3.63) is 29.8 Å². The SMILES string of the molecule is CCCCOc1ccc(C(=O)NC(C#N)C(C)C)cc1. The van der Waals surface area contributed by atoms with Crippen LogP contribution < -0.4 is 10.1 Å². The molecule has 1 N–H and O–H groups in total. The fraction of sp³-hybridized carbons (Fsp3) is 0.500. The molecule has 4 nitrogen and oxygen atoms in total. The Morgan fingerprint density at radius 3 is 2.50 bits per heavy atom. The van der Waals surface area contributed by atoms with E-state index in [4.69, 9.17) is 10.00 Å². The Balaban J connectivity index is 2.59. The van der Waals surface area contributed by atoms with Crippen molar-refractivity contribution in [2.75, 3.05) is 6.61 Å². The van der Waals surface area contributed by atoms with E-state index in [1.165, 1.54) is 0 Å². The number of nitriles is 1. The smallest absolute Gasteiger partial charge is 0.252 e. The van der Waals surface area contributed by atoms with E-state index in [0.29, 0.717) is 12.2 Å². The van der Waals surface area contributed by atoms with Gasteiger partial charge in [0, 0.05) is 5.56 Å². The summed E-state index contributed by atoms with van der Waals surface area (Å²) in [5, 5.41) is 11.7. The molecule has 0 saturated heterocycles. The molecule has 1 aromatic rings. The van der Waals surface area contributed by atoms with Crippen LogP contribution in [0.1, 0.15) is 44.0 Å². The van der Waals surface area contributed by atoms with Gasteiger partial charge in [0.2, 0.25) is 0 Å². The van der Waals surface area contributed by atoms with Crippen LogP contribution in [0, 0.1) is 17.2 Å². The fourth-order valence-corrected chi connectivity index (χ4v) is 1.61. The zero-order valence-electron chi connectivity index (χ0n) is 12.3. The first-order valence-corrected chi connectivity index (χ1v) is 7.01. The predicted octanol–water partition coefficient (Wildman–Crippen LogP) is 3.14. The van der Waals surface area contributed by atoms with Crippen molar-refractivity contribution in [3.63, 3.8) is 0 Å². The Bertz CT molecular complexity index is 460. The van der Waals surface area contributed by atoms with Gasteiger partial charge >= 0.3 is 0 Å². The molecule has 1 atom stereocenters. The molecule has 0 spiro atoms. The van der Waals surface area contributed by atoms with Gasteiger partial charge in [-0.05, 0) is 36.6 Å². The first kappa shape index (κ1) is 16.0. The zero-order chi connectivity index (χ0) is 15.0. The Hall–Kier alpha value is -2.02. The van der Waals surface area contributed by atoms with Crippen LogP contribution in [0.4, 0.5) is 0 Å². The highest BCUT2D eigenvalue weighted by atomic mass is 16.5. The minimum atomic E-state index is -0.469. The summed E-state index contributed by atoms with van der Waals surface area (Å²) in [6.07, 6.45) is 2.10. The molecule has 0 heterocycles. The van der Waals surface area contributed by atoms with Crippen molar-refractivity contribution in [2.24, 2.45) is 5.92 Å². The Kier molecular flexibility index (Phi) is 6.58. The lowest BCUT2D eigenvalue weighted by Crippen LogP contribution is -2.37. The van der Waals surface area contributed by atoms with E-state index in [-0.39, 0.29) is 11.8 Å². The van der Waals surface area contributed by atoms with Crippen LogP contribution in [0.5, 0.6) is 5.75 Å². The van der Waals surface area contributed by atoms with Crippen molar-refractivity contribution in [2.45, 2.75) is 39.7 Å². The van der Waals surface area contributed by atoms with Crippen molar-refractivity contribution >= 4 is 5.91 Å². The highest BCUT2D eigenvalue weighted by Gasteiger charge is 2.16. The van der Waals surface area contributed by atoms with Gasteiger partial charge < -0.3 is 10.1 Å². The summed E-state index contributed by atoms with van der Waals surface area (Å²) in [5.74, 6) is 0.613. The summed E-state index contributed by atoms with van der Waals surface area (Å²) in [4.78, 5) is 12.0. The van der Waals surface area contributed by atoms with Gasteiger partial charge in [-0.1, -0.05) is 27.2 Å². The molecule has 0 aromatic heterocycles. The second kappa shape index (κ2) is 8.21. The molecule has 0 saturated carbocycles. The largest absolute Gasteiger partial charge is 0.494 e. The third-order valence-corrected chi connectivity index (χ3v) is 2.98. The first-order valence-electron chi connectivity index (χ1n) is 7.01. The minimum absolute atomic E-state index is 0.0839. The Morgan fingerprint density at radius 2 is 2.00 bits per heavy atom. The minimum Gasteiger partial charge on any atom is -0.494 e. The van der Waals surface area contributed by atoms with Crippen LogP contribution in [0.25, 0.3) is 0 Å². The van der Waals surface area contributed by atoms with E-state index in [2.05, 4.69) is 18.3 Å². The third kappa shape index (κ3) is 4.93. The van der Waals surface area contributed by atoms with E-state index in [1.54, 1.807) is 24.3 Å². The number of benzene rings is 1. The number of nitrogens with one attached hydrogen (secondary N) is 1. The Morgan fingerprint density at radius 1 is 1.35 bits per heavy atom. The standard InChI is InChI=1S/C16H22N2O2/c1-4-5-10-20-14-8-6-13(7-9-14)16(19)18-15(11-17)12(2)3/h6-9,12,15H,4-5,10H2,1-3H3,(H,18,19). The molecule has 1 unspecified atom stereocenters. The van der Waals surface area contributed by atoms with E-state index in [1.807, 2.05) is 13.8 Å². The lowest BCUT2D eigenvalue weighted by atomic mass is 10.1. The summed E-state index contributed by atoms with van der Waals surface area (Å²) in [6, 6.07) is 8.61. The summed E-state index contributed by atoms with van der Waals surface area (Å²) >= 11 is 0. The molecular weight excluding hydrogens is 252 g/mol. The number of hydrogen-bond acceptors (Lipinski definition) is 3. The maximum absolute atomic E-state index is 12.0. The van der Waals surface area contributed by atoms with Crippen LogP contribution in [0.15, 0.2) is 24.3 Å². The molecule has 0 bridgehead atoms. The van der Waals surface area contributed by atoms with Crippen molar-refractivity contribution in [1.29, 1.82) is 5.26 Å². The predicted molar refractivity (Wildman–Crippen MR) is 78.6 cm³/mol. The van der Waals surface area contributed by atoms with Gasteiger partial charge in [0.1, 0.15) is 11.8 Å². The van der Waals surface area contributed by atoms with E-state index in [9.17, 15) is 4.79 Å². The molecule has 4 heteroatoms. The van der Waals surface area contributed by atoms with Crippen molar-refractivity contribution in [3.8, 4) is 11.8 Å². The molecule has 1 amide bonds. The van der Waals surface area contributed by atoms with Gasteiger partial charge in [-0.15, -0.1) is 0 Å². The van der Waals surface area contributed by atoms with Crippen LogP contribution in [-0.2, 0) is 0 Å². The molecule has 108 valence electrons. The number of nitrogens with zero attached hydrogens (tertiary/aromatic N) is 1. The van der Waals surface area contributed by atoms with Gasteiger partial charge in [-0.3, -0.25) is 4.79 Å². The highest BCUT2D eigenvalue weighted by molar-refractivity contribution is 5.94. The number of carbonyl (C=O) groups excluding carboxylic acids is 1. The quantitative estimate of drug-likeness (QED) is 0.777. The van der Waals surface area contributed by atoms with Crippen molar-refractivity contribution < 1.29 is 9.53 Å². The van der Waals surface area contributed by atoms with Gasteiger partial charge in [0.25, 0.3) is 5.91 Å². The molecule has 0 radical (unpaired) electrons. The number of amides is 1. The van der Waals surface area contributed by atoms with E-state index < -0.39 is 6.04 Å².